The number of hydrogen-bond acceptors (Lipinski definition) is 6. The molecule has 1 aliphatic heterocycles. The molecule has 0 radical (unpaired) electrons. The van der Waals surface area contributed by atoms with Crippen LogP contribution in [0.5, 0.6) is 0 Å². The first kappa shape index (κ1) is 11.9. The van der Waals surface area contributed by atoms with Gasteiger partial charge in [-0.05, 0) is 0 Å². The first-order valence-electron chi connectivity index (χ1n) is 5.43. The fraction of sp³-hybridized carbons (Fsp3) is 0.545. The molecular weight excluding hydrogens is 222 g/mol. The highest BCUT2D eigenvalue weighted by Crippen LogP contribution is 2.17. The Morgan fingerprint density at radius 1 is 1.35 bits per heavy atom. The molecule has 1 N–H and O–H groups in total. The topological polar surface area (TPSA) is 73.3 Å². The summed E-state index contributed by atoms with van der Waals surface area (Å²) < 4.78 is 9.71. The average Bonchev–Trinajstić information content (AvgIpc) is 2.82. The lowest BCUT2D eigenvalue weighted by molar-refractivity contribution is 0.0591. The Balaban J connectivity index is 2.35. The zero-order chi connectivity index (χ0) is 12.3. The molecule has 0 atom stereocenters. The van der Waals surface area contributed by atoms with Crippen molar-refractivity contribution in [1.29, 1.82) is 0 Å². The van der Waals surface area contributed by atoms with E-state index in [-0.39, 0.29) is 0 Å². The molecule has 17 heavy (non-hydrogen) atoms. The molecule has 6 nitrogen and oxygen atoms in total. The second kappa shape index (κ2) is 5.20. The summed E-state index contributed by atoms with van der Waals surface area (Å²) in [5, 5.41) is 3.15. The normalized spacial score (nSPS) is 13.5. The van der Waals surface area contributed by atoms with Crippen LogP contribution in [0.25, 0.3) is 0 Å². The third-order valence-corrected chi connectivity index (χ3v) is 2.64. The third-order valence-electron chi connectivity index (χ3n) is 2.64. The molecule has 1 aromatic rings. The summed E-state index contributed by atoms with van der Waals surface area (Å²) in [5.41, 5.74) is 2.10. The van der Waals surface area contributed by atoms with Gasteiger partial charge in [-0.15, -0.1) is 0 Å². The Hall–Kier alpha value is -1.53. The van der Waals surface area contributed by atoms with E-state index >= 15 is 0 Å². The predicted octanol–water partition coefficient (Wildman–Crippen LogP) is 0.0553. The van der Waals surface area contributed by atoms with E-state index in [0.717, 1.165) is 11.3 Å². The molecule has 0 saturated heterocycles. The van der Waals surface area contributed by atoms with Crippen LogP contribution in [-0.2, 0) is 29.0 Å². The van der Waals surface area contributed by atoms with E-state index in [4.69, 9.17) is 9.47 Å². The van der Waals surface area contributed by atoms with Crippen LogP contribution in [0.2, 0.25) is 0 Å². The van der Waals surface area contributed by atoms with E-state index in [1.54, 1.807) is 7.11 Å². The molecule has 0 fully saturated rings. The van der Waals surface area contributed by atoms with Gasteiger partial charge in [0.15, 0.2) is 5.69 Å². The van der Waals surface area contributed by atoms with Gasteiger partial charge in [0.1, 0.15) is 5.82 Å². The maximum atomic E-state index is 11.6. The summed E-state index contributed by atoms with van der Waals surface area (Å²) in [6.45, 7) is 1.82. The van der Waals surface area contributed by atoms with Crippen LogP contribution in [0.3, 0.4) is 0 Å². The first-order valence-corrected chi connectivity index (χ1v) is 5.43. The first-order chi connectivity index (χ1) is 8.26. The lowest BCUT2D eigenvalue weighted by Gasteiger charge is -2.07. The molecular formula is C11H15N3O3. The Morgan fingerprint density at radius 3 is 2.88 bits per heavy atom. The van der Waals surface area contributed by atoms with E-state index in [9.17, 15) is 4.79 Å². The summed E-state index contributed by atoms with van der Waals surface area (Å²) in [6.07, 6.45) is 0.591. The number of nitrogens with one attached hydrogen (secondary N) is 1. The molecule has 2 heterocycles. The van der Waals surface area contributed by atoms with Gasteiger partial charge >= 0.3 is 5.97 Å². The second-order valence-corrected chi connectivity index (χ2v) is 3.75. The summed E-state index contributed by atoms with van der Waals surface area (Å²) >= 11 is 0. The zero-order valence-electron chi connectivity index (χ0n) is 9.95. The predicted molar refractivity (Wildman–Crippen MR) is 59.5 cm³/mol. The van der Waals surface area contributed by atoms with Gasteiger partial charge < -0.3 is 14.8 Å². The molecule has 6 heteroatoms. The lowest BCUT2D eigenvalue weighted by Crippen LogP contribution is -2.14. The van der Waals surface area contributed by atoms with Gasteiger partial charge in [0.05, 0.1) is 19.4 Å². The van der Waals surface area contributed by atoms with E-state index in [1.807, 2.05) is 0 Å². The quantitative estimate of drug-likeness (QED) is 0.746. The van der Waals surface area contributed by atoms with Crippen molar-refractivity contribution in [3.05, 3.63) is 22.8 Å². The number of ether oxygens (including phenoxy) is 2. The highest BCUT2D eigenvalue weighted by molar-refractivity contribution is 5.89. The second-order valence-electron chi connectivity index (χ2n) is 3.75. The highest BCUT2D eigenvalue weighted by atomic mass is 16.5. The molecule has 0 saturated carbocycles. The monoisotopic (exact) mass is 237 g/mol. The van der Waals surface area contributed by atoms with Crippen LogP contribution in [0.15, 0.2) is 0 Å². The van der Waals surface area contributed by atoms with Crippen molar-refractivity contribution < 1.29 is 14.3 Å². The number of carbonyl (C=O) groups excluding carboxylic acids is 1. The smallest absolute Gasteiger partial charge is 0.357 e. The molecule has 2 rings (SSSR count). The zero-order valence-corrected chi connectivity index (χ0v) is 9.95. The number of rotatable bonds is 4. The van der Waals surface area contributed by atoms with E-state index in [2.05, 4.69) is 15.3 Å². The van der Waals surface area contributed by atoms with Crippen LogP contribution >= 0.6 is 0 Å². The number of fused-ring (bicyclic) bond motifs is 1. The van der Waals surface area contributed by atoms with Gasteiger partial charge in [0, 0.05) is 32.2 Å². The molecule has 0 bridgehead atoms. The number of aromatic nitrogens is 2. The molecule has 1 aromatic heterocycles. The summed E-state index contributed by atoms with van der Waals surface area (Å²) in [6, 6.07) is 0. The van der Waals surface area contributed by atoms with E-state index in [0.29, 0.717) is 37.6 Å². The minimum atomic E-state index is -0.411. The Morgan fingerprint density at radius 2 is 2.18 bits per heavy atom. The molecule has 92 valence electrons. The van der Waals surface area contributed by atoms with Crippen molar-refractivity contribution in [2.75, 3.05) is 20.8 Å². The van der Waals surface area contributed by atoms with Crippen LogP contribution < -0.4 is 5.32 Å². The Labute approximate surface area is 99.4 Å². The van der Waals surface area contributed by atoms with E-state index in [1.165, 1.54) is 7.11 Å². The number of nitrogens with zero attached hydrogens (tertiary/aromatic N) is 2. The highest BCUT2D eigenvalue weighted by Gasteiger charge is 2.23. The molecule has 1 aliphatic rings. The minimum Gasteiger partial charge on any atom is -0.464 e. The van der Waals surface area contributed by atoms with Gasteiger partial charge in [0.2, 0.25) is 0 Å². The van der Waals surface area contributed by atoms with Crippen LogP contribution in [0.4, 0.5) is 0 Å². The fourth-order valence-electron chi connectivity index (χ4n) is 1.79. The average molecular weight is 237 g/mol. The fourth-order valence-corrected chi connectivity index (χ4v) is 1.79. The Kier molecular flexibility index (Phi) is 3.65. The van der Waals surface area contributed by atoms with Crippen molar-refractivity contribution in [3.8, 4) is 0 Å². The standard InChI is InChI=1S/C11H15N3O3/c1-16-4-3-9-13-8-6-12-5-7(8)10(14-9)11(15)17-2/h12H,3-6H2,1-2H3. The van der Waals surface area contributed by atoms with Gasteiger partial charge in [-0.1, -0.05) is 0 Å². The van der Waals surface area contributed by atoms with Gasteiger partial charge in [0.25, 0.3) is 0 Å². The summed E-state index contributed by atoms with van der Waals surface area (Å²) in [7, 11) is 2.98. The SMILES string of the molecule is COCCc1nc2c(c(C(=O)OC)n1)CNC2. The van der Waals surface area contributed by atoms with Crippen molar-refractivity contribution in [1.82, 2.24) is 15.3 Å². The molecule has 0 unspecified atom stereocenters. The Bertz CT molecular complexity index is 434. The molecule has 0 spiro atoms. The van der Waals surface area contributed by atoms with Crippen molar-refractivity contribution in [2.45, 2.75) is 19.5 Å². The molecule has 0 amide bonds. The maximum Gasteiger partial charge on any atom is 0.357 e. The van der Waals surface area contributed by atoms with Crippen molar-refractivity contribution >= 4 is 5.97 Å². The molecule has 0 aliphatic carbocycles. The number of carbonyl (C=O) groups is 1. The maximum absolute atomic E-state index is 11.6. The largest absolute Gasteiger partial charge is 0.464 e. The van der Waals surface area contributed by atoms with Gasteiger partial charge in [-0.3, -0.25) is 0 Å². The van der Waals surface area contributed by atoms with Gasteiger partial charge in [-0.2, -0.15) is 0 Å². The summed E-state index contributed by atoms with van der Waals surface area (Å²) in [4.78, 5) is 20.3. The minimum absolute atomic E-state index is 0.369. The lowest BCUT2D eigenvalue weighted by atomic mass is 10.2. The van der Waals surface area contributed by atoms with Crippen LogP contribution in [0.1, 0.15) is 27.6 Å². The number of hydrogen-bond donors (Lipinski definition) is 1. The van der Waals surface area contributed by atoms with Crippen LogP contribution in [0, 0.1) is 0 Å². The van der Waals surface area contributed by atoms with Gasteiger partial charge in [-0.25, -0.2) is 14.8 Å². The number of methoxy groups -OCH3 is 2. The van der Waals surface area contributed by atoms with Crippen molar-refractivity contribution in [2.24, 2.45) is 0 Å². The van der Waals surface area contributed by atoms with Crippen molar-refractivity contribution in [3.63, 3.8) is 0 Å². The summed E-state index contributed by atoms with van der Waals surface area (Å²) in [5.74, 6) is 0.209. The van der Waals surface area contributed by atoms with E-state index < -0.39 is 5.97 Å². The van der Waals surface area contributed by atoms with Crippen LogP contribution in [-0.4, -0.2) is 36.8 Å². The number of esters is 1. The third kappa shape index (κ3) is 2.42. The molecule has 0 aromatic carbocycles.